The summed E-state index contributed by atoms with van der Waals surface area (Å²) in [6.07, 6.45) is 0. The molecule has 1 heterocycles. The second kappa shape index (κ2) is 15.4. The van der Waals surface area contributed by atoms with Crippen LogP contribution in [-0.2, 0) is 19.2 Å². The van der Waals surface area contributed by atoms with Gasteiger partial charge in [-0.05, 0) is 0 Å². The summed E-state index contributed by atoms with van der Waals surface area (Å²) in [6, 6.07) is 0. The van der Waals surface area contributed by atoms with Crippen LogP contribution in [0.4, 0.5) is 0 Å². The van der Waals surface area contributed by atoms with Gasteiger partial charge >= 0.3 is 0 Å². The van der Waals surface area contributed by atoms with E-state index in [9.17, 15) is 19.2 Å². The van der Waals surface area contributed by atoms with E-state index in [4.69, 9.17) is 23.4 Å². The molecule has 184 valence electrons. The number of nitrogens with two attached hydrogens (primary N) is 4. The summed E-state index contributed by atoms with van der Waals surface area (Å²) in [6.45, 7) is 3.96. The Labute approximate surface area is 186 Å². The molecule has 4 amide bonds. The quantitative estimate of drug-likeness (QED) is 0.0958. The van der Waals surface area contributed by atoms with E-state index in [1.165, 1.54) is 0 Å². The van der Waals surface area contributed by atoms with Gasteiger partial charge < -0.3 is 0 Å². The first-order chi connectivity index (χ1) is 15.3. The smallest absolute Gasteiger partial charge is 0.248 e. The van der Waals surface area contributed by atoms with Crippen LogP contribution in [0.1, 0.15) is 0 Å². The highest BCUT2D eigenvalue weighted by molar-refractivity contribution is 5.78. The first-order valence-corrected chi connectivity index (χ1v) is 10.2. The van der Waals surface area contributed by atoms with Crippen molar-refractivity contribution >= 4 is 23.6 Å². The Bertz CT molecular complexity index is 502. The molecular weight excluding hydrogens is 424 g/mol. The monoisotopic (exact) mass is 460 g/mol. The molecule has 1 rings (SSSR count). The average molecular weight is 461 g/mol. The van der Waals surface area contributed by atoms with Crippen LogP contribution in [0.15, 0.2) is 0 Å². The second-order valence-electron chi connectivity index (χ2n) is 7.37. The Balaban J connectivity index is 2.99. The first kappa shape index (κ1) is 27.6. The summed E-state index contributed by atoms with van der Waals surface area (Å²) >= 11 is 0. The lowest BCUT2D eigenvalue weighted by atomic mass is 10.3. The maximum absolute atomic E-state index is 11.8. The van der Waals surface area contributed by atoms with Crippen LogP contribution in [0.3, 0.4) is 0 Å². The minimum Gasteiger partial charge on any atom is -0.293 e. The number of amides is 4. The third-order valence-corrected chi connectivity index (χ3v) is 5.04. The van der Waals surface area contributed by atoms with Gasteiger partial charge in [0.1, 0.15) is 0 Å². The van der Waals surface area contributed by atoms with Crippen LogP contribution in [0.2, 0.25) is 0 Å². The van der Waals surface area contributed by atoms with Crippen molar-refractivity contribution < 1.29 is 19.2 Å². The van der Waals surface area contributed by atoms with Crippen molar-refractivity contribution in [1.82, 2.24) is 41.3 Å². The predicted octanol–water partition coefficient (Wildman–Crippen LogP) is -6.83. The summed E-state index contributed by atoms with van der Waals surface area (Å²) in [4.78, 5) is 54.8. The van der Waals surface area contributed by atoms with E-state index >= 15 is 0 Å². The molecule has 0 aromatic carbocycles. The van der Waals surface area contributed by atoms with Crippen molar-refractivity contribution in [2.75, 3.05) is 78.5 Å². The fourth-order valence-corrected chi connectivity index (χ4v) is 3.21. The molecule has 0 spiro atoms. The van der Waals surface area contributed by atoms with E-state index in [1.54, 1.807) is 0 Å². The van der Waals surface area contributed by atoms with Gasteiger partial charge in [0, 0.05) is 52.4 Å². The van der Waals surface area contributed by atoms with Gasteiger partial charge in [0.05, 0.1) is 26.2 Å². The van der Waals surface area contributed by atoms with E-state index in [0.29, 0.717) is 52.4 Å². The predicted molar refractivity (Wildman–Crippen MR) is 115 cm³/mol. The maximum Gasteiger partial charge on any atom is 0.248 e. The number of nitrogens with one attached hydrogen (secondary N) is 4. The summed E-state index contributed by atoms with van der Waals surface area (Å²) in [5.41, 5.74) is 8.44. The highest BCUT2D eigenvalue weighted by atomic mass is 16.2. The lowest BCUT2D eigenvalue weighted by Gasteiger charge is -2.33. The topological polar surface area (TPSA) is 233 Å². The standard InChI is InChI=1S/C16H36N12O4/c17-21-13(29)9-25-1-2-26(10-14(30)22-18)5-6-28(12-16(32)24-20)8-7-27(4-3-25)11-15(31)23-19/h1-12,17-20H2,(H,21,29)(H,22,30)(H,23,31)(H,24,32). The molecule has 0 bridgehead atoms. The maximum atomic E-state index is 11.8. The Kier molecular flexibility index (Phi) is 13.3. The molecule has 32 heavy (non-hydrogen) atoms. The zero-order chi connectivity index (χ0) is 23.9. The number of hydrazine groups is 4. The molecule has 1 fully saturated rings. The highest BCUT2D eigenvalue weighted by Gasteiger charge is 2.20. The SMILES string of the molecule is NNC(=O)CN1CCN(CC(=O)NN)CCN(CC(=O)NN)CCN(CC(=O)NN)CC1. The van der Waals surface area contributed by atoms with Gasteiger partial charge in [0.15, 0.2) is 0 Å². The zero-order valence-electron chi connectivity index (χ0n) is 18.2. The van der Waals surface area contributed by atoms with Gasteiger partial charge in [0.2, 0.25) is 23.6 Å². The minimum atomic E-state index is -0.353. The molecule has 1 saturated heterocycles. The van der Waals surface area contributed by atoms with Gasteiger partial charge in [-0.1, -0.05) is 0 Å². The van der Waals surface area contributed by atoms with E-state index < -0.39 is 0 Å². The molecule has 1 aliphatic heterocycles. The fourth-order valence-electron chi connectivity index (χ4n) is 3.21. The molecular formula is C16H36N12O4. The van der Waals surface area contributed by atoms with Crippen molar-refractivity contribution in [3.8, 4) is 0 Å². The molecule has 0 atom stereocenters. The Morgan fingerprint density at radius 1 is 0.438 bits per heavy atom. The van der Waals surface area contributed by atoms with Crippen LogP contribution in [0.5, 0.6) is 0 Å². The first-order valence-electron chi connectivity index (χ1n) is 10.2. The van der Waals surface area contributed by atoms with Crippen molar-refractivity contribution in [3.63, 3.8) is 0 Å². The van der Waals surface area contributed by atoms with Gasteiger partial charge in [-0.2, -0.15) is 0 Å². The number of hydrogen-bond donors (Lipinski definition) is 8. The van der Waals surface area contributed by atoms with Gasteiger partial charge in [0.25, 0.3) is 0 Å². The normalized spacial score (nSPS) is 18.1. The van der Waals surface area contributed by atoms with Crippen LogP contribution in [-0.4, -0.2) is 122 Å². The molecule has 16 heteroatoms. The fraction of sp³-hybridized carbons (Fsp3) is 0.750. The lowest BCUT2D eigenvalue weighted by molar-refractivity contribution is -0.125. The lowest BCUT2D eigenvalue weighted by Crippen LogP contribution is -2.52. The minimum absolute atomic E-state index is 0.0626. The van der Waals surface area contributed by atoms with Crippen molar-refractivity contribution in [2.24, 2.45) is 23.4 Å². The molecule has 0 radical (unpaired) electrons. The molecule has 12 N–H and O–H groups in total. The van der Waals surface area contributed by atoms with Crippen LogP contribution < -0.4 is 45.1 Å². The number of carbonyl (C=O) groups is 4. The van der Waals surface area contributed by atoms with Crippen molar-refractivity contribution in [1.29, 1.82) is 0 Å². The van der Waals surface area contributed by atoms with Crippen LogP contribution >= 0.6 is 0 Å². The number of rotatable bonds is 8. The number of carbonyl (C=O) groups excluding carboxylic acids is 4. The zero-order valence-corrected chi connectivity index (χ0v) is 18.2. The third-order valence-electron chi connectivity index (χ3n) is 5.04. The Morgan fingerprint density at radius 2 is 0.594 bits per heavy atom. The second-order valence-corrected chi connectivity index (χ2v) is 7.37. The van der Waals surface area contributed by atoms with Gasteiger partial charge in [-0.15, -0.1) is 0 Å². The molecule has 0 unspecified atom stereocenters. The third kappa shape index (κ3) is 11.3. The molecule has 16 nitrogen and oxygen atoms in total. The summed E-state index contributed by atoms with van der Waals surface area (Å²) in [5, 5.41) is 0. The number of nitrogens with zero attached hydrogens (tertiary/aromatic N) is 4. The molecule has 0 aromatic heterocycles. The Hall–Kier alpha value is -2.44. The van der Waals surface area contributed by atoms with Gasteiger partial charge in [-0.3, -0.25) is 60.5 Å². The average Bonchev–Trinajstić information content (AvgIpc) is 2.79. The molecule has 0 aromatic rings. The van der Waals surface area contributed by atoms with Gasteiger partial charge in [-0.25, -0.2) is 23.4 Å². The molecule has 1 aliphatic rings. The molecule has 0 saturated carbocycles. The number of hydrogen-bond acceptors (Lipinski definition) is 12. The van der Waals surface area contributed by atoms with Crippen LogP contribution in [0, 0.1) is 0 Å². The molecule has 0 aliphatic carbocycles. The summed E-state index contributed by atoms with van der Waals surface area (Å²) < 4.78 is 0. The van der Waals surface area contributed by atoms with Crippen LogP contribution in [0.25, 0.3) is 0 Å². The summed E-state index contributed by atoms with van der Waals surface area (Å²) in [7, 11) is 0. The van der Waals surface area contributed by atoms with E-state index in [2.05, 4.69) is 21.7 Å². The van der Waals surface area contributed by atoms with Crippen molar-refractivity contribution in [3.05, 3.63) is 0 Å². The highest BCUT2D eigenvalue weighted by Crippen LogP contribution is 2.01. The van der Waals surface area contributed by atoms with Crippen molar-refractivity contribution in [2.45, 2.75) is 0 Å². The Morgan fingerprint density at radius 3 is 0.719 bits per heavy atom. The van der Waals surface area contributed by atoms with E-state index in [-0.39, 0.29) is 49.8 Å². The van der Waals surface area contributed by atoms with E-state index in [0.717, 1.165) is 0 Å². The largest absolute Gasteiger partial charge is 0.293 e. The van der Waals surface area contributed by atoms with E-state index in [1.807, 2.05) is 19.6 Å². The summed E-state index contributed by atoms with van der Waals surface area (Å²) in [5.74, 6) is 19.5.